The number of aromatic nitrogens is 4. The first-order valence-corrected chi connectivity index (χ1v) is 7.67. The van der Waals surface area contributed by atoms with Crippen LogP contribution in [0.4, 0.5) is 0 Å². The molecule has 3 rings (SSSR count). The van der Waals surface area contributed by atoms with Crippen molar-refractivity contribution >= 4 is 22.8 Å². The first kappa shape index (κ1) is 13.0. The van der Waals surface area contributed by atoms with E-state index in [1.54, 1.807) is 0 Å². The molecule has 0 saturated heterocycles. The molecule has 2 aromatic heterocycles. The average molecular weight is 281 g/mol. The molecule has 2 aromatic rings. The summed E-state index contributed by atoms with van der Waals surface area (Å²) >= 11 is 6.09. The Morgan fingerprint density at radius 2 is 2.11 bits per heavy atom. The standard InChI is InChI=1S/C14H21ClN4/c1-4-5-11-13-14(18(3)17-11)19(12(8-15)16-13)10-6-9(2)7-10/h9-10H,4-8H2,1-3H3. The minimum atomic E-state index is 0.477. The highest BCUT2D eigenvalue weighted by atomic mass is 35.5. The van der Waals surface area contributed by atoms with Gasteiger partial charge < -0.3 is 4.57 Å². The number of aryl methyl sites for hydroxylation is 2. The fourth-order valence-electron chi connectivity index (χ4n) is 3.20. The van der Waals surface area contributed by atoms with Gasteiger partial charge in [-0.1, -0.05) is 20.3 Å². The second-order valence-electron chi connectivity index (χ2n) is 5.75. The molecule has 104 valence electrons. The molecular formula is C14H21ClN4. The summed E-state index contributed by atoms with van der Waals surface area (Å²) in [6.07, 6.45) is 4.53. The molecular weight excluding hydrogens is 260 g/mol. The van der Waals surface area contributed by atoms with Gasteiger partial charge in [0.1, 0.15) is 11.3 Å². The lowest BCUT2D eigenvalue weighted by atomic mass is 9.81. The number of fused-ring (bicyclic) bond motifs is 1. The zero-order chi connectivity index (χ0) is 13.6. The minimum absolute atomic E-state index is 0.477. The van der Waals surface area contributed by atoms with Gasteiger partial charge in [0.2, 0.25) is 0 Å². The molecule has 2 heterocycles. The minimum Gasteiger partial charge on any atom is -0.309 e. The molecule has 1 fully saturated rings. The van der Waals surface area contributed by atoms with E-state index in [9.17, 15) is 0 Å². The predicted octanol–water partition coefficient (Wildman–Crippen LogP) is 3.43. The molecule has 0 radical (unpaired) electrons. The Hall–Kier alpha value is -1.03. The molecule has 0 amide bonds. The quantitative estimate of drug-likeness (QED) is 0.805. The second kappa shape index (κ2) is 4.82. The molecule has 0 bridgehead atoms. The molecule has 0 spiro atoms. The predicted molar refractivity (Wildman–Crippen MR) is 77.5 cm³/mol. The van der Waals surface area contributed by atoms with Crippen molar-refractivity contribution in [2.75, 3.05) is 0 Å². The zero-order valence-corrected chi connectivity index (χ0v) is 12.6. The van der Waals surface area contributed by atoms with Crippen molar-refractivity contribution in [2.24, 2.45) is 13.0 Å². The van der Waals surface area contributed by atoms with Crippen molar-refractivity contribution in [3.05, 3.63) is 11.5 Å². The Bertz CT molecular complexity index is 592. The van der Waals surface area contributed by atoms with Crippen LogP contribution in [0.15, 0.2) is 0 Å². The first-order valence-electron chi connectivity index (χ1n) is 7.14. The largest absolute Gasteiger partial charge is 0.309 e. The molecule has 0 aliphatic heterocycles. The Morgan fingerprint density at radius 3 is 2.68 bits per heavy atom. The molecule has 0 atom stereocenters. The summed E-state index contributed by atoms with van der Waals surface area (Å²) in [6, 6.07) is 0.554. The van der Waals surface area contributed by atoms with Crippen LogP contribution < -0.4 is 0 Å². The van der Waals surface area contributed by atoms with E-state index >= 15 is 0 Å². The molecule has 5 heteroatoms. The van der Waals surface area contributed by atoms with Gasteiger partial charge in [0.15, 0.2) is 5.65 Å². The first-order chi connectivity index (χ1) is 9.15. The van der Waals surface area contributed by atoms with Gasteiger partial charge in [0, 0.05) is 13.1 Å². The summed E-state index contributed by atoms with van der Waals surface area (Å²) in [4.78, 5) is 4.75. The fraction of sp³-hybridized carbons (Fsp3) is 0.714. The van der Waals surface area contributed by atoms with Crippen LogP contribution in [0.2, 0.25) is 0 Å². The molecule has 1 saturated carbocycles. The van der Waals surface area contributed by atoms with E-state index in [4.69, 9.17) is 16.6 Å². The lowest BCUT2D eigenvalue weighted by Crippen LogP contribution is -2.26. The van der Waals surface area contributed by atoms with Gasteiger partial charge in [-0.05, 0) is 25.2 Å². The van der Waals surface area contributed by atoms with E-state index in [2.05, 4.69) is 23.5 Å². The van der Waals surface area contributed by atoms with Crippen molar-refractivity contribution in [3.63, 3.8) is 0 Å². The Labute approximate surface area is 118 Å². The molecule has 0 aromatic carbocycles. The monoisotopic (exact) mass is 280 g/mol. The SMILES string of the molecule is CCCc1nn(C)c2c1nc(CCl)n2C1CC(C)C1. The molecule has 19 heavy (non-hydrogen) atoms. The van der Waals surface area contributed by atoms with E-state index < -0.39 is 0 Å². The highest BCUT2D eigenvalue weighted by Crippen LogP contribution is 2.40. The Morgan fingerprint density at radius 1 is 1.37 bits per heavy atom. The van der Waals surface area contributed by atoms with Gasteiger partial charge in [-0.25, -0.2) is 4.98 Å². The summed E-state index contributed by atoms with van der Waals surface area (Å²) in [5.74, 6) is 2.29. The number of alkyl halides is 1. The van der Waals surface area contributed by atoms with Crippen LogP contribution >= 0.6 is 11.6 Å². The van der Waals surface area contributed by atoms with Crippen molar-refractivity contribution in [3.8, 4) is 0 Å². The fourth-order valence-corrected chi connectivity index (χ4v) is 3.39. The third-order valence-electron chi connectivity index (χ3n) is 4.13. The topological polar surface area (TPSA) is 35.6 Å². The molecule has 0 unspecified atom stereocenters. The Balaban J connectivity index is 2.13. The number of imidazole rings is 1. The molecule has 1 aliphatic carbocycles. The van der Waals surface area contributed by atoms with Crippen LogP contribution in [0.3, 0.4) is 0 Å². The lowest BCUT2D eigenvalue weighted by Gasteiger charge is -2.34. The van der Waals surface area contributed by atoms with Gasteiger partial charge in [0.25, 0.3) is 0 Å². The van der Waals surface area contributed by atoms with Crippen LogP contribution in [0.25, 0.3) is 11.2 Å². The summed E-state index contributed by atoms with van der Waals surface area (Å²) in [5, 5.41) is 4.63. The maximum atomic E-state index is 6.09. The van der Waals surface area contributed by atoms with Gasteiger partial charge in [-0.2, -0.15) is 5.10 Å². The lowest BCUT2D eigenvalue weighted by molar-refractivity contribution is 0.216. The zero-order valence-electron chi connectivity index (χ0n) is 11.9. The normalized spacial score (nSPS) is 22.9. The molecule has 0 N–H and O–H groups in total. The number of rotatable bonds is 4. The number of nitrogens with zero attached hydrogens (tertiary/aromatic N) is 4. The third kappa shape index (κ3) is 1.97. The van der Waals surface area contributed by atoms with Gasteiger partial charge in [-0.15, -0.1) is 11.6 Å². The van der Waals surface area contributed by atoms with Crippen LogP contribution in [0.5, 0.6) is 0 Å². The number of halogens is 1. The van der Waals surface area contributed by atoms with Crippen LogP contribution in [-0.2, 0) is 19.3 Å². The average Bonchev–Trinajstić information content (AvgIpc) is 2.85. The maximum absolute atomic E-state index is 6.09. The highest BCUT2D eigenvalue weighted by molar-refractivity contribution is 6.16. The van der Waals surface area contributed by atoms with Crippen LogP contribution in [-0.4, -0.2) is 19.3 Å². The second-order valence-corrected chi connectivity index (χ2v) is 6.02. The van der Waals surface area contributed by atoms with Crippen molar-refractivity contribution < 1.29 is 0 Å². The van der Waals surface area contributed by atoms with Crippen LogP contribution in [0, 0.1) is 5.92 Å². The van der Waals surface area contributed by atoms with E-state index in [1.165, 1.54) is 12.8 Å². The van der Waals surface area contributed by atoms with Crippen molar-refractivity contribution in [1.29, 1.82) is 0 Å². The summed E-state index contributed by atoms with van der Waals surface area (Å²) < 4.78 is 4.31. The highest BCUT2D eigenvalue weighted by Gasteiger charge is 2.31. The van der Waals surface area contributed by atoms with Crippen molar-refractivity contribution in [2.45, 2.75) is 51.5 Å². The Kier molecular flexibility index (Phi) is 3.29. The van der Waals surface area contributed by atoms with E-state index in [0.717, 1.165) is 41.4 Å². The van der Waals surface area contributed by atoms with Gasteiger partial charge >= 0.3 is 0 Å². The molecule has 4 nitrogen and oxygen atoms in total. The summed E-state index contributed by atoms with van der Waals surface area (Å²) in [6.45, 7) is 4.48. The third-order valence-corrected chi connectivity index (χ3v) is 4.37. The van der Waals surface area contributed by atoms with E-state index in [-0.39, 0.29) is 0 Å². The van der Waals surface area contributed by atoms with Crippen molar-refractivity contribution in [1.82, 2.24) is 19.3 Å². The van der Waals surface area contributed by atoms with Gasteiger partial charge in [-0.3, -0.25) is 4.68 Å². The van der Waals surface area contributed by atoms with Crippen LogP contribution in [0.1, 0.15) is 50.7 Å². The van der Waals surface area contributed by atoms with E-state index in [1.807, 2.05) is 11.7 Å². The maximum Gasteiger partial charge on any atom is 0.158 e. The number of hydrogen-bond donors (Lipinski definition) is 0. The van der Waals surface area contributed by atoms with Gasteiger partial charge in [0.05, 0.1) is 11.6 Å². The molecule has 1 aliphatic rings. The summed E-state index contributed by atoms with van der Waals surface area (Å²) in [5.41, 5.74) is 3.31. The number of hydrogen-bond acceptors (Lipinski definition) is 2. The smallest absolute Gasteiger partial charge is 0.158 e. The van der Waals surface area contributed by atoms with E-state index in [0.29, 0.717) is 11.9 Å². The summed E-state index contributed by atoms with van der Waals surface area (Å²) in [7, 11) is 2.01.